The van der Waals surface area contributed by atoms with Gasteiger partial charge in [-0.05, 0) is 37.6 Å². The largest absolute Gasteiger partial charge is 0.459 e. The molecule has 2 rings (SSSR count). The molecule has 4 heteroatoms. The van der Waals surface area contributed by atoms with E-state index < -0.39 is 0 Å². The number of rotatable bonds is 3. The van der Waals surface area contributed by atoms with Crippen molar-refractivity contribution in [2.24, 2.45) is 5.92 Å². The Hall–Kier alpha value is -1.29. The number of amides is 1. The summed E-state index contributed by atoms with van der Waals surface area (Å²) in [5.41, 5.74) is 0. The zero-order valence-corrected chi connectivity index (χ0v) is 7.95. The van der Waals surface area contributed by atoms with Gasteiger partial charge < -0.3 is 15.1 Å². The third-order valence-electron chi connectivity index (χ3n) is 2.46. The molecular weight excluding hydrogens is 180 g/mol. The van der Waals surface area contributed by atoms with Gasteiger partial charge in [-0.1, -0.05) is 0 Å². The first kappa shape index (κ1) is 9.27. The van der Waals surface area contributed by atoms with Gasteiger partial charge in [0.25, 0.3) is 5.91 Å². The van der Waals surface area contributed by atoms with Crippen molar-refractivity contribution in [1.82, 2.24) is 10.6 Å². The fraction of sp³-hybridized carbons (Fsp3) is 0.500. The van der Waals surface area contributed by atoms with Crippen LogP contribution in [0.4, 0.5) is 0 Å². The Kier molecular flexibility index (Phi) is 2.84. The van der Waals surface area contributed by atoms with Gasteiger partial charge in [0.05, 0.1) is 6.26 Å². The van der Waals surface area contributed by atoms with E-state index in [-0.39, 0.29) is 5.91 Å². The Balaban J connectivity index is 1.78. The van der Waals surface area contributed by atoms with Crippen molar-refractivity contribution in [3.05, 3.63) is 24.2 Å². The lowest BCUT2D eigenvalue weighted by atomic mass is 10.1. The van der Waals surface area contributed by atoms with Crippen LogP contribution in [0.5, 0.6) is 0 Å². The number of hydrogen-bond donors (Lipinski definition) is 2. The van der Waals surface area contributed by atoms with Crippen molar-refractivity contribution >= 4 is 5.91 Å². The lowest BCUT2D eigenvalue weighted by Crippen LogP contribution is -2.29. The Morgan fingerprint density at radius 1 is 1.71 bits per heavy atom. The molecule has 2 N–H and O–H groups in total. The second kappa shape index (κ2) is 4.28. The van der Waals surface area contributed by atoms with E-state index in [1.165, 1.54) is 6.26 Å². The number of hydrogen-bond acceptors (Lipinski definition) is 3. The first-order valence-corrected chi connectivity index (χ1v) is 4.88. The summed E-state index contributed by atoms with van der Waals surface area (Å²) in [6.45, 7) is 2.78. The Bertz CT molecular complexity index is 289. The molecule has 0 radical (unpaired) electrons. The molecule has 0 bridgehead atoms. The summed E-state index contributed by atoms with van der Waals surface area (Å²) in [4.78, 5) is 11.4. The van der Waals surface area contributed by atoms with Gasteiger partial charge in [0, 0.05) is 6.54 Å². The molecule has 2 heterocycles. The molecule has 1 aliphatic rings. The van der Waals surface area contributed by atoms with Crippen LogP contribution in [-0.4, -0.2) is 25.5 Å². The summed E-state index contributed by atoms with van der Waals surface area (Å²) in [5, 5.41) is 6.11. The highest BCUT2D eigenvalue weighted by Gasteiger charge is 2.16. The van der Waals surface area contributed by atoms with Crippen molar-refractivity contribution in [3.8, 4) is 0 Å². The highest BCUT2D eigenvalue weighted by molar-refractivity contribution is 5.91. The SMILES string of the molecule is O=C(NCC1CCNC1)c1ccco1. The molecule has 1 aliphatic heterocycles. The molecule has 0 spiro atoms. The molecule has 1 saturated heterocycles. The number of nitrogens with one attached hydrogen (secondary N) is 2. The normalized spacial score (nSPS) is 21.0. The summed E-state index contributed by atoms with van der Waals surface area (Å²) in [6.07, 6.45) is 2.64. The van der Waals surface area contributed by atoms with E-state index >= 15 is 0 Å². The molecule has 1 amide bonds. The van der Waals surface area contributed by atoms with E-state index in [1.807, 2.05) is 0 Å². The highest BCUT2D eigenvalue weighted by atomic mass is 16.3. The molecule has 1 unspecified atom stereocenters. The van der Waals surface area contributed by atoms with Gasteiger partial charge in [0.2, 0.25) is 0 Å². The minimum atomic E-state index is -0.123. The van der Waals surface area contributed by atoms with Gasteiger partial charge in [-0.15, -0.1) is 0 Å². The third-order valence-corrected chi connectivity index (χ3v) is 2.46. The molecule has 1 aromatic rings. The van der Waals surface area contributed by atoms with Crippen LogP contribution in [-0.2, 0) is 0 Å². The fourth-order valence-electron chi connectivity index (χ4n) is 1.62. The average molecular weight is 194 g/mol. The van der Waals surface area contributed by atoms with E-state index in [1.54, 1.807) is 12.1 Å². The fourth-order valence-corrected chi connectivity index (χ4v) is 1.62. The summed E-state index contributed by atoms with van der Waals surface area (Å²) >= 11 is 0. The van der Waals surface area contributed by atoms with Gasteiger partial charge in [-0.2, -0.15) is 0 Å². The molecule has 4 nitrogen and oxygen atoms in total. The maximum atomic E-state index is 11.4. The molecular formula is C10H14N2O2. The van der Waals surface area contributed by atoms with Crippen LogP contribution in [0.2, 0.25) is 0 Å². The highest BCUT2D eigenvalue weighted by Crippen LogP contribution is 2.06. The van der Waals surface area contributed by atoms with Crippen LogP contribution in [0.1, 0.15) is 17.0 Å². The summed E-state index contributed by atoms with van der Waals surface area (Å²) in [5.74, 6) is 0.826. The first-order chi connectivity index (χ1) is 6.86. The van der Waals surface area contributed by atoms with Crippen molar-refractivity contribution in [2.75, 3.05) is 19.6 Å². The van der Waals surface area contributed by atoms with E-state index in [4.69, 9.17) is 4.42 Å². The number of carbonyl (C=O) groups is 1. The second-order valence-corrected chi connectivity index (χ2v) is 3.55. The summed E-state index contributed by atoms with van der Waals surface area (Å²) in [7, 11) is 0. The van der Waals surface area contributed by atoms with Crippen LogP contribution in [0.15, 0.2) is 22.8 Å². The minimum Gasteiger partial charge on any atom is -0.459 e. The zero-order valence-electron chi connectivity index (χ0n) is 7.95. The first-order valence-electron chi connectivity index (χ1n) is 4.88. The second-order valence-electron chi connectivity index (χ2n) is 3.55. The van der Waals surface area contributed by atoms with E-state index in [0.717, 1.165) is 26.1 Å². The molecule has 1 fully saturated rings. The monoisotopic (exact) mass is 194 g/mol. The molecule has 14 heavy (non-hydrogen) atoms. The van der Waals surface area contributed by atoms with E-state index in [9.17, 15) is 4.79 Å². The number of furan rings is 1. The third kappa shape index (κ3) is 2.14. The predicted molar refractivity (Wildman–Crippen MR) is 52.0 cm³/mol. The maximum Gasteiger partial charge on any atom is 0.286 e. The summed E-state index contributed by atoms with van der Waals surface area (Å²) in [6, 6.07) is 3.38. The molecule has 0 aliphatic carbocycles. The van der Waals surface area contributed by atoms with Crippen molar-refractivity contribution in [2.45, 2.75) is 6.42 Å². The van der Waals surface area contributed by atoms with Crippen LogP contribution in [0.25, 0.3) is 0 Å². The van der Waals surface area contributed by atoms with Gasteiger partial charge in [0.15, 0.2) is 5.76 Å². The molecule has 0 aromatic carbocycles. The number of carbonyl (C=O) groups excluding carboxylic acids is 1. The van der Waals surface area contributed by atoms with Gasteiger partial charge in [-0.25, -0.2) is 0 Å². The molecule has 0 saturated carbocycles. The van der Waals surface area contributed by atoms with Gasteiger partial charge in [0.1, 0.15) is 0 Å². The van der Waals surface area contributed by atoms with Gasteiger partial charge >= 0.3 is 0 Å². The maximum absolute atomic E-state index is 11.4. The van der Waals surface area contributed by atoms with Gasteiger partial charge in [-0.3, -0.25) is 4.79 Å². The lowest BCUT2D eigenvalue weighted by Gasteiger charge is -2.08. The zero-order chi connectivity index (χ0) is 9.80. The Morgan fingerprint density at radius 3 is 3.29 bits per heavy atom. The quantitative estimate of drug-likeness (QED) is 0.741. The smallest absolute Gasteiger partial charge is 0.286 e. The van der Waals surface area contributed by atoms with E-state index in [0.29, 0.717) is 11.7 Å². The summed E-state index contributed by atoms with van der Waals surface area (Å²) < 4.78 is 4.98. The van der Waals surface area contributed by atoms with Crippen LogP contribution >= 0.6 is 0 Å². The van der Waals surface area contributed by atoms with Crippen molar-refractivity contribution < 1.29 is 9.21 Å². The topological polar surface area (TPSA) is 54.3 Å². The average Bonchev–Trinajstić information content (AvgIpc) is 2.87. The molecule has 1 aromatic heterocycles. The Labute approximate surface area is 82.7 Å². The van der Waals surface area contributed by atoms with Crippen molar-refractivity contribution in [1.29, 1.82) is 0 Å². The lowest BCUT2D eigenvalue weighted by molar-refractivity contribution is 0.0920. The van der Waals surface area contributed by atoms with Crippen molar-refractivity contribution in [3.63, 3.8) is 0 Å². The van der Waals surface area contributed by atoms with Crippen LogP contribution in [0, 0.1) is 5.92 Å². The minimum absolute atomic E-state index is 0.123. The van der Waals surface area contributed by atoms with Crippen LogP contribution < -0.4 is 10.6 Å². The van der Waals surface area contributed by atoms with Crippen LogP contribution in [0.3, 0.4) is 0 Å². The Morgan fingerprint density at radius 2 is 2.64 bits per heavy atom. The standard InChI is InChI=1S/C10H14N2O2/c13-10(9-2-1-5-14-9)12-7-8-3-4-11-6-8/h1-2,5,8,11H,3-4,6-7H2,(H,12,13). The van der Waals surface area contributed by atoms with E-state index in [2.05, 4.69) is 10.6 Å². The molecule has 1 atom stereocenters. The predicted octanol–water partition coefficient (Wildman–Crippen LogP) is 0.619. The molecule has 76 valence electrons.